The van der Waals surface area contributed by atoms with E-state index in [1.807, 2.05) is 39.3 Å². The molecule has 66 heavy (non-hydrogen) atoms. The van der Waals surface area contributed by atoms with E-state index in [0.717, 1.165) is 68.9 Å². The van der Waals surface area contributed by atoms with Crippen LogP contribution in [0.3, 0.4) is 0 Å². The number of hydrogen-bond acceptors (Lipinski definition) is 11. The lowest BCUT2D eigenvalue weighted by Crippen LogP contribution is -2.62. The zero-order valence-electron chi connectivity index (χ0n) is 40.1. The predicted octanol–water partition coefficient (Wildman–Crippen LogP) is 5.56. The van der Waals surface area contributed by atoms with Crippen molar-refractivity contribution in [1.82, 2.24) is 35.2 Å². The number of carbonyl (C=O) groups is 4. The molecule has 3 amide bonds. The first-order valence-corrected chi connectivity index (χ1v) is 24.2. The Labute approximate surface area is 392 Å². The third-order valence-corrected chi connectivity index (χ3v) is 14.3. The lowest BCUT2D eigenvalue weighted by atomic mass is 9.83. The molecule has 17 heteroatoms. The highest BCUT2D eigenvalue weighted by molar-refractivity contribution is 7.10. The first-order chi connectivity index (χ1) is 31.5. The summed E-state index contributed by atoms with van der Waals surface area (Å²) in [4.78, 5) is 82.0. The molecule has 6 heterocycles. The van der Waals surface area contributed by atoms with E-state index < -0.39 is 47.4 Å². The molecule has 2 aromatic heterocycles. The Morgan fingerprint density at radius 1 is 1.20 bits per heavy atom. The summed E-state index contributed by atoms with van der Waals surface area (Å²) in [6.07, 6.45) is 5.07. The maximum atomic E-state index is 14.7. The summed E-state index contributed by atoms with van der Waals surface area (Å²) in [5.74, 6) is 2.94. The molecule has 4 aliphatic rings. The maximum Gasteiger partial charge on any atom is 0.324 e. The number of hydrogen-bond donors (Lipinski definition) is 2. The van der Waals surface area contributed by atoms with Gasteiger partial charge in [-0.3, -0.25) is 29.2 Å². The Kier molecular flexibility index (Phi) is 14.8. The third-order valence-electron chi connectivity index (χ3n) is 13.4. The number of carbonyl (C=O) groups excluding carboxylic acids is 4. The Morgan fingerprint density at radius 2 is 1.97 bits per heavy atom. The van der Waals surface area contributed by atoms with Gasteiger partial charge in [0.05, 0.1) is 53.3 Å². The summed E-state index contributed by atoms with van der Waals surface area (Å²) in [6.45, 7) is 17.3. The second kappa shape index (κ2) is 20.2. The molecule has 0 unspecified atom stereocenters. The van der Waals surface area contributed by atoms with Crippen molar-refractivity contribution in [1.29, 1.82) is 0 Å². The Hall–Kier alpha value is -5.44. The summed E-state index contributed by atoms with van der Waals surface area (Å²) in [6, 6.07) is 2.97. The average molecular weight is 925 g/mol. The van der Waals surface area contributed by atoms with Crippen molar-refractivity contribution in [2.24, 2.45) is 22.2 Å². The third kappa shape index (κ3) is 9.96. The van der Waals surface area contributed by atoms with Crippen molar-refractivity contribution < 1.29 is 33.5 Å². The number of allylic oxidation sites excluding steroid dienone is 1. The van der Waals surface area contributed by atoms with E-state index in [1.165, 1.54) is 21.4 Å². The monoisotopic (exact) mass is 924 g/mol. The fourth-order valence-electron chi connectivity index (χ4n) is 9.93. The number of aryl methyl sites for hydroxylation is 1. The van der Waals surface area contributed by atoms with Gasteiger partial charge in [-0.1, -0.05) is 46.6 Å². The highest BCUT2D eigenvalue weighted by Crippen LogP contribution is 2.42. The molecule has 4 aliphatic heterocycles. The number of nitrogens with zero attached hydrogens (tertiary/aromatic N) is 7. The largest absolute Gasteiger partial charge is 0.464 e. The molecule has 7 rings (SSSR count). The Balaban J connectivity index is 1.26. The number of ether oxygens (including phenoxy) is 2. The highest BCUT2D eigenvalue weighted by Gasteiger charge is 2.48. The van der Waals surface area contributed by atoms with Crippen molar-refractivity contribution >= 4 is 57.7 Å². The molecular weight excluding hydrogens is 859 g/mol. The van der Waals surface area contributed by atoms with Crippen LogP contribution in [0.5, 0.6) is 0 Å². The predicted molar refractivity (Wildman–Crippen MR) is 255 cm³/mol. The smallest absolute Gasteiger partial charge is 0.324 e. The van der Waals surface area contributed by atoms with E-state index >= 15 is 0 Å². The van der Waals surface area contributed by atoms with Gasteiger partial charge in [-0.05, 0) is 82.4 Å². The number of aromatic nitrogens is 2. The van der Waals surface area contributed by atoms with Crippen LogP contribution in [-0.4, -0.2) is 130 Å². The summed E-state index contributed by atoms with van der Waals surface area (Å²) < 4.78 is 14.3. The van der Waals surface area contributed by atoms with Crippen molar-refractivity contribution in [2.45, 2.75) is 131 Å². The minimum absolute atomic E-state index is 0.0700. The quantitative estimate of drug-likeness (QED) is 0.114. The van der Waals surface area contributed by atoms with E-state index in [1.54, 1.807) is 26.0 Å². The highest BCUT2D eigenvalue weighted by atomic mass is 32.1. The van der Waals surface area contributed by atoms with Crippen LogP contribution in [0.15, 0.2) is 34.3 Å². The minimum Gasteiger partial charge on any atom is -0.464 e. The number of fused-ring (bicyclic) bond motifs is 6. The van der Waals surface area contributed by atoms with Crippen LogP contribution in [0, 0.1) is 34.0 Å². The van der Waals surface area contributed by atoms with Gasteiger partial charge < -0.3 is 24.3 Å². The number of likely N-dealkylation sites (tertiary alicyclic amines) is 1. The lowest BCUT2D eigenvalue weighted by Gasteiger charge is -2.36. The topological polar surface area (TPSA) is 171 Å². The second-order valence-corrected chi connectivity index (χ2v) is 20.2. The molecule has 0 saturated carbocycles. The van der Waals surface area contributed by atoms with Gasteiger partial charge in [0.15, 0.2) is 6.04 Å². The molecule has 1 aromatic carbocycles. The summed E-state index contributed by atoms with van der Waals surface area (Å²) >= 11 is 1.41. The number of thiazole rings is 1. The SMILES string of the molecule is CC#CC(=O)N1C[C@@H]([N+](=O)N(C)[C@H](C(=O)N[C@H]2Cc3nc(cs3)-c3ccc4c(c3)c(c(C3=C([C@H](C)OC)N=CCC3)n4CC)CC(C)(C)COC(=O)[C@@H]3CCCN(N3)C2=O)C(C)C)[C@@H](C)C1. The van der Waals surface area contributed by atoms with Gasteiger partial charge in [-0.25, -0.2) is 10.4 Å². The van der Waals surface area contributed by atoms with E-state index in [2.05, 4.69) is 66.1 Å². The van der Waals surface area contributed by atoms with Crippen LogP contribution in [-0.2, 0) is 48.0 Å². The number of likely N-dealkylation sites (N-methyl/N-ethyl adjacent to an activating group) is 1. The molecular formula is C49H66N9O7S+. The van der Waals surface area contributed by atoms with E-state index in [0.29, 0.717) is 37.4 Å². The molecule has 0 spiro atoms. The van der Waals surface area contributed by atoms with Gasteiger partial charge >= 0.3 is 5.97 Å². The first-order valence-electron chi connectivity index (χ1n) is 23.3. The Bertz CT molecular complexity index is 2490. The van der Waals surface area contributed by atoms with Crippen molar-refractivity contribution in [3.05, 3.63) is 50.4 Å². The number of benzene rings is 1. The molecule has 2 fully saturated rings. The number of esters is 1. The number of aliphatic imine (C=N–C) groups is 1. The molecule has 2 N–H and O–H groups in total. The van der Waals surface area contributed by atoms with Gasteiger partial charge in [0.25, 0.3) is 17.9 Å². The van der Waals surface area contributed by atoms with Crippen LogP contribution < -0.4 is 10.7 Å². The van der Waals surface area contributed by atoms with Gasteiger partial charge in [0.1, 0.15) is 17.0 Å². The zero-order chi connectivity index (χ0) is 47.6. The van der Waals surface area contributed by atoms with Crippen LogP contribution in [0.25, 0.3) is 27.7 Å². The molecule has 2 saturated heterocycles. The number of hydrazine groups is 2. The molecule has 6 atom stereocenters. The van der Waals surface area contributed by atoms with Gasteiger partial charge in [0, 0.05) is 78.1 Å². The number of rotatable bonds is 10. The molecule has 16 nitrogen and oxygen atoms in total. The summed E-state index contributed by atoms with van der Waals surface area (Å²) in [5, 5.41) is 9.51. The maximum absolute atomic E-state index is 14.7. The summed E-state index contributed by atoms with van der Waals surface area (Å²) in [5.41, 5.74) is 9.72. The standard InChI is InChI=1S/C49H65N9O7S/c1-11-15-42(59)55-25-30(5)40(26-55)58(63)54(9)44(29(3)4)46(60)52-37-23-41-51-38(27-66-41)32-18-19-39-34(22-32)35(45(56(39)12-2)33-16-13-20-50-43(33)31(6)64-10)24-49(7,8)28-65-48(62)36-17-14-21-57(53-36)47(37)61/h18-20,22,27,29-31,36-37,40,44,53H,12-14,16-17,21,23-26,28H2,1-10H3/p+1/t30-,31-,36-,37-,40+,44-/m0/s1. The van der Waals surface area contributed by atoms with E-state index in [4.69, 9.17) is 19.5 Å². The number of cyclic esters (lactones) is 1. The number of nitrogens with one attached hydrogen (secondary N) is 2. The van der Waals surface area contributed by atoms with Crippen LogP contribution >= 0.6 is 11.3 Å². The van der Waals surface area contributed by atoms with Gasteiger partial charge in [-0.2, -0.15) is 0 Å². The zero-order valence-corrected chi connectivity index (χ0v) is 40.9. The van der Waals surface area contributed by atoms with Crippen molar-refractivity contribution in [3.8, 4) is 23.1 Å². The Morgan fingerprint density at radius 3 is 2.68 bits per heavy atom. The first kappa shape index (κ1) is 48.5. The van der Waals surface area contributed by atoms with E-state index in [9.17, 15) is 24.1 Å². The van der Waals surface area contributed by atoms with Gasteiger partial charge in [-0.15, -0.1) is 16.3 Å². The number of amides is 3. The van der Waals surface area contributed by atoms with E-state index in [-0.39, 0.29) is 43.4 Å². The molecule has 0 radical (unpaired) electrons. The number of nitroso groups, excluding NO2 is 1. The molecule has 0 aliphatic carbocycles. The fraction of sp³-hybridized carbons (Fsp3) is 0.592. The van der Waals surface area contributed by atoms with Crippen LogP contribution in [0.4, 0.5) is 0 Å². The molecule has 6 bridgehead atoms. The summed E-state index contributed by atoms with van der Waals surface area (Å²) in [7, 11) is 3.28. The average Bonchev–Trinajstić information content (AvgIpc) is 4.02. The van der Waals surface area contributed by atoms with Crippen LogP contribution in [0.1, 0.15) is 97.3 Å². The lowest BCUT2D eigenvalue weighted by molar-refractivity contribution is -0.736. The van der Waals surface area contributed by atoms with Crippen molar-refractivity contribution in [3.63, 3.8) is 0 Å². The van der Waals surface area contributed by atoms with Crippen LogP contribution in [0.2, 0.25) is 0 Å². The fourth-order valence-corrected chi connectivity index (χ4v) is 10.8. The number of methoxy groups -OCH3 is 1. The molecule has 354 valence electrons. The van der Waals surface area contributed by atoms with Crippen molar-refractivity contribution in [2.75, 3.05) is 40.4 Å². The minimum atomic E-state index is -1.09. The second-order valence-electron chi connectivity index (χ2n) is 19.2. The molecule has 3 aromatic rings. The van der Waals surface area contributed by atoms with Gasteiger partial charge in [0.2, 0.25) is 5.91 Å². The normalized spacial score (nSPS) is 23.3.